The minimum absolute atomic E-state index is 0.0502. The molecule has 0 unspecified atom stereocenters. The molecule has 1 saturated heterocycles. The lowest BCUT2D eigenvalue weighted by Gasteiger charge is -2.38. The van der Waals surface area contributed by atoms with E-state index in [1.165, 1.54) is 0 Å². The molecule has 1 fully saturated rings. The molecule has 1 rings (SSSR count). The zero-order chi connectivity index (χ0) is 8.27. The Morgan fingerprint density at radius 1 is 1.73 bits per heavy atom. The van der Waals surface area contributed by atoms with Gasteiger partial charge in [0.05, 0.1) is 12.6 Å². The first-order valence-electron chi connectivity index (χ1n) is 3.98. The molecule has 0 atom stereocenters. The largest absolute Gasteiger partial charge is 0.350 e. The lowest BCUT2D eigenvalue weighted by molar-refractivity contribution is -0.121. The highest BCUT2D eigenvalue weighted by Gasteiger charge is 2.25. The fourth-order valence-electron chi connectivity index (χ4n) is 1.21. The van der Waals surface area contributed by atoms with Crippen LogP contribution in [-0.2, 0) is 4.79 Å². The molecule has 1 heterocycles. The van der Waals surface area contributed by atoms with E-state index in [0.29, 0.717) is 6.04 Å². The third-order valence-electron chi connectivity index (χ3n) is 1.95. The van der Waals surface area contributed by atoms with E-state index in [4.69, 9.17) is 5.73 Å². The average molecular weight is 157 g/mol. The van der Waals surface area contributed by atoms with Crippen molar-refractivity contribution in [1.29, 1.82) is 0 Å². The lowest BCUT2D eigenvalue weighted by atomic mass is 10.1. The molecule has 0 bridgehead atoms. The standard InChI is InChI=1S/C7H15N3O/c1-2-10-4-6(5-10)9-7(11)3-8/h6H,2-5,8H2,1H3,(H,9,11). The van der Waals surface area contributed by atoms with Gasteiger partial charge >= 0.3 is 0 Å². The number of rotatable bonds is 3. The van der Waals surface area contributed by atoms with Crippen LogP contribution in [0, 0.1) is 0 Å². The fourth-order valence-corrected chi connectivity index (χ4v) is 1.21. The topological polar surface area (TPSA) is 58.4 Å². The van der Waals surface area contributed by atoms with Crippen LogP contribution in [0.15, 0.2) is 0 Å². The quantitative estimate of drug-likeness (QED) is 0.539. The van der Waals surface area contributed by atoms with Gasteiger partial charge in [-0.05, 0) is 6.54 Å². The normalized spacial score (nSPS) is 19.5. The molecule has 0 saturated carbocycles. The molecule has 3 N–H and O–H groups in total. The van der Waals surface area contributed by atoms with Crippen molar-refractivity contribution >= 4 is 5.91 Å². The van der Waals surface area contributed by atoms with E-state index in [9.17, 15) is 4.79 Å². The Morgan fingerprint density at radius 3 is 2.82 bits per heavy atom. The van der Waals surface area contributed by atoms with Gasteiger partial charge in [0.1, 0.15) is 0 Å². The molecule has 0 aromatic rings. The van der Waals surface area contributed by atoms with Gasteiger partial charge in [0, 0.05) is 13.1 Å². The molecule has 4 nitrogen and oxygen atoms in total. The number of likely N-dealkylation sites (N-methyl/N-ethyl adjacent to an activating group) is 1. The van der Waals surface area contributed by atoms with Crippen LogP contribution in [0.1, 0.15) is 6.92 Å². The van der Waals surface area contributed by atoms with Gasteiger partial charge in [0.15, 0.2) is 0 Å². The maximum atomic E-state index is 10.8. The van der Waals surface area contributed by atoms with E-state index in [-0.39, 0.29) is 12.5 Å². The molecule has 4 heteroatoms. The second-order valence-electron chi connectivity index (χ2n) is 2.82. The van der Waals surface area contributed by atoms with Crippen molar-refractivity contribution in [2.75, 3.05) is 26.2 Å². The lowest BCUT2D eigenvalue weighted by Crippen LogP contribution is -2.59. The van der Waals surface area contributed by atoms with Gasteiger partial charge in [0.25, 0.3) is 0 Å². The SMILES string of the molecule is CCN1CC(NC(=O)CN)C1. The van der Waals surface area contributed by atoms with Crippen molar-refractivity contribution in [2.45, 2.75) is 13.0 Å². The van der Waals surface area contributed by atoms with Gasteiger partial charge in [-0.3, -0.25) is 9.69 Å². The van der Waals surface area contributed by atoms with Gasteiger partial charge in [0.2, 0.25) is 5.91 Å². The van der Waals surface area contributed by atoms with Gasteiger partial charge in [-0.25, -0.2) is 0 Å². The number of hydrogen-bond acceptors (Lipinski definition) is 3. The number of nitrogens with zero attached hydrogens (tertiary/aromatic N) is 1. The molecule has 0 aliphatic carbocycles. The molecular formula is C7H15N3O. The molecule has 64 valence electrons. The van der Waals surface area contributed by atoms with E-state index in [1.54, 1.807) is 0 Å². The highest BCUT2D eigenvalue weighted by molar-refractivity contribution is 5.78. The summed E-state index contributed by atoms with van der Waals surface area (Å²) < 4.78 is 0. The van der Waals surface area contributed by atoms with Gasteiger partial charge < -0.3 is 11.1 Å². The highest BCUT2D eigenvalue weighted by atomic mass is 16.1. The molecule has 0 aromatic carbocycles. The third kappa shape index (κ3) is 2.17. The van der Waals surface area contributed by atoms with Crippen LogP contribution in [0.5, 0.6) is 0 Å². The predicted octanol–water partition coefficient (Wildman–Crippen LogP) is -1.23. The highest BCUT2D eigenvalue weighted by Crippen LogP contribution is 2.05. The number of likely N-dealkylation sites (tertiary alicyclic amines) is 1. The Labute approximate surface area is 66.7 Å². The van der Waals surface area contributed by atoms with E-state index < -0.39 is 0 Å². The number of nitrogens with one attached hydrogen (secondary N) is 1. The summed E-state index contributed by atoms with van der Waals surface area (Å²) in [7, 11) is 0. The summed E-state index contributed by atoms with van der Waals surface area (Å²) in [6.45, 7) is 5.23. The number of nitrogens with two attached hydrogens (primary N) is 1. The predicted molar refractivity (Wildman–Crippen MR) is 43.1 cm³/mol. The Hall–Kier alpha value is -0.610. The molecule has 11 heavy (non-hydrogen) atoms. The first kappa shape index (κ1) is 8.49. The Kier molecular flexibility index (Phi) is 2.84. The number of hydrogen-bond donors (Lipinski definition) is 2. The molecule has 1 aliphatic rings. The van der Waals surface area contributed by atoms with Crippen LogP contribution in [0.4, 0.5) is 0 Å². The monoisotopic (exact) mass is 157 g/mol. The molecule has 0 spiro atoms. The van der Waals surface area contributed by atoms with E-state index in [1.807, 2.05) is 0 Å². The minimum atomic E-state index is -0.0502. The van der Waals surface area contributed by atoms with E-state index in [2.05, 4.69) is 17.1 Å². The van der Waals surface area contributed by atoms with Crippen molar-refractivity contribution in [2.24, 2.45) is 5.73 Å². The zero-order valence-electron chi connectivity index (χ0n) is 6.84. The van der Waals surface area contributed by atoms with Crippen LogP contribution >= 0.6 is 0 Å². The third-order valence-corrected chi connectivity index (χ3v) is 1.95. The first-order valence-corrected chi connectivity index (χ1v) is 3.98. The number of carbonyl (C=O) groups is 1. The summed E-state index contributed by atoms with van der Waals surface area (Å²) in [4.78, 5) is 13.0. The number of amides is 1. The maximum absolute atomic E-state index is 10.8. The van der Waals surface area contributed by atoms with Gasteiger partial charge in [-0.1, -0.05) is 6.92 Å². The summed E-state index contributed by atoms with van der Waals surface area (Å²) in [5.41, 5.74) is 5.14. The molecule has 1 aliphatic heterocycles. The van der Waals surface area contributed by atoms with Crippen LogP contribution in [0.2, 0.25) is 0 Å². The Balaban J connectivity index is 2.08. The second kappa shape index (κ2) is 3.69. The van der Waals surface area contributed by atoms with Crippen molar-refractivity contribution in [3.05, 3.63) is 0 Å². The molecule has 0 radical (unpaired) electrons. The summed E-state index contributed by atoms with van der Waals surface area (Å²) in [6, 6.07) is 0.339. The number of carbonyl (C=O) groups excluding carboxylic acids is 1. The van der Waals surface area contributed by atoms with Crippen molar-refractivity contribution < 1.29 is 4.79 Å². The molecular weight excluding hydrogens is 142 g/mol. The van der Waals surface area contributed by atoms with Gasteiger partial charge in [-0.2, -0.15) is 0 Å². The van der Waals surface area contributed by atoms with E-state index in [0.717, 1.165) is 19.6 Å². The van der Waals surface area contributed by atoms with Crippen LogP contribution < -0.4 is 11.1 Å². The Morgan fingerprint density at radius 2 is 2.36 bits per heavy atom. The summed E-state index contributed by atoms with van der Waals surface area (Å²) in [5, 5.41) is 2.82. The average Bonchev–Trinajstić information content (AvgIpc) is 1.95. The smallest absolute Gasteiger partial charge is 0.234 e. The van der Waals surface area contributed by atoms with Gasteiger partial charge in [-0.15, -0.1) is 0 Å². The van der Waals surface area contributed by atoms with Crippen LogP contribution in [0.25, 0.3) is 0 Å². The summed E-state index contributed by atoms with van der Waals surface area (Å²) in [6.07, 6.45) is 0. The summed E-state index contributed by atoms with van der Waals surface area (Å²) >= 11 is 0. The fraction of sp³-hybridized carbons (Fsp3) is 0.857. The van der Waals surface area contributed by atoms with Crippen molar-refractivity contribution in [3.63, 3.8) is 0 Å². The maximum Gasteiger partial charge on any atom is 0.234 e. The molecule has 0 aromatic heterocycles. The second-order valence-corrected chi connectivity index (χ2v) is 2.82. The molecule has 1 amide bonds. The van der Waals surface area contributed by atoms with Crippen LogP contribution in [0.3, 0.4) is 0 Å². The van der Waals surface area contributed by atoms with Crippen molar-refractivity contribution in [3.8, 4) is 0 Å². The Bertz CT molecular complexity index is 143. The first-order chi connectivity index (χ1) is 5.26. The zero-order valence-corrected chi connectivity index (χ0v) is 6.84. The van der Waals surface area contributed by atoms with Crippen LogP contribution in [-0.4, -0.2) is 43.0 Å². The summed E-state index contributed by atoms with van der Waals surface area (Å²) in [5.74, 6) is -0.0502. The minimum Gasteiger partial charge on any atom is -0.350 e. The van der Waals surface area contributed by atoms with E-state index >= 15 is 0 Å². The van der Waals surface area contributed by atoms with Crippen molar-refractivity contribution in [1.82, 2.24) is 10.2 Å².